The zero-order valence-electron chi connectivity index (χ0n) is 36.5. The van der Waals surface area contributed by atoms with E-state index in [0.717, 1.165) is 44.2 Å². The normalized spacial score (nSPS) is 11.7. The number of fused-ring (bicyclic) bond motifs is 5. The minimum Gasteiger partial charge on any atom is 0 e. The van der Waals surface area contributed by atoms with Crippen LogP contribution in [0.1, 0.15) is 56.4 Å². The van der Waals surface area contributed by atoms with Gasteiger partial charge in [0.15, 0.2) is 0 Å². The fourth-order valence-corrected chi connectivity index (χ4v) is 11.7. The van der Waals surface area contributed by atoms with Gasteiger partial charge in [-0.15, -0.1) is 18.2 Å². The van der Waals surface area contributed by atoms with Gasteiger partial charge in [0.1, 0.15) is 4.83 Å². The van der Waals surface area contributed by atoms with Crippen molar-refractivity contribution in [3.05, 3.63) is 175 Å². The Morgan fingerprint density at radius 3 is 2.02 bits per heavy atom. The monoisotopic (exact) mass is 1070 g/mol. The molecule has 0 spiro atoms. The molecule has 0 aliphatic heterocycles. The molecule has 0 saturated heterocycles. The second kappa shape index (κ2) is 17.9. The Morgan fingerprint density at radius 1 is 0.629 bits per heavy atom. The quantitative estimate of drug-likeness (QED) is 0.118. The van der Waals surface area contributed by atoms with Crippen LogP contribution >= 0.6 is 11.3 Å². The van der Waals surface area contributed by atoms with Gasteiger partial charge in [-0.2, -0.15) is 11.3 Å². The molecule has 10 aromatic rings. The van der Waals surface area contributed by atoms with Crippen LogP contribution in [0.25, 0.3) is 81.6 Å². The molecule has 7 heteroatoms. The Morgan fingerprint density at radius 2 is 1.31 bits per heavy atom. The van der Waals surface area contributed by atoms with Crippen molar-refractivity contribution < 1.29 is 20.1 Å². The molecule has 4 aromatic heterocycles. The fraction of sp³-hybridized carbons (Fsp3) is 0.182. The van der Waals surface area contributed by atoms with Crippen LogP contribution in [0, 0.1) is 19.1 Å². The van der Waals surface area contributed by atoms with Crippen LogP contribution in [0.3, 0.4) is 0 Å². The number of pyridine rings is 2. The van der Waals surface area contributed by atoms with E-state index in [1.165, 1.54) is 58.6 Å². The molecule has 4 heterocycles. The van der Waals surface area contributed by atoms with Crippen LogP contribution in [-0.2, 0) is 20.1 Å². The van der Waals surface area contributed by atoms with Crippen LogP contribution in [0.4, 0.5) is 0 Å². The number of rotatable bonds is 7. The van der Waals surface area contributed by atoms with E-state index >= 15 is 0 Å². The molecule has 10 rings (SSSR count). The molecule has 0 amide bonds. The van der Waals surface area contributed by atoms with Gasteiger partial charge in [0.05, 0.1) is 16.9 Å². The SMILES string of the molecule is Cc1ccc2c(n1)sc1c(-c3nc4ccccc4n3-c3c(C(C)C)cc(-c4ccccc4)cc3C(C)C)[c-]ccc12.[CH3][Ge]([CH3])([CH3])[c]1ccc(-c2[c-]ccc3ccccc23)nc1.[Ir]. The van der Waals surface area contributed by atoms with Gasteiger partial charge in [-0.1, -0.05) is 87.2 Å². The number of nitrogens with zero attached hydrogens (tertiary/aromatic N) is 4. The van der Waals surface area contributed by atoms with E-state index in [9.17, 15) is 0 Å². The average molecular weight is 1060 g/mol. The van der Waals surface area contributed by atoms with E-state index in [2.05, 4.69) is 207 Å². The maximum atomic E-state index is 5.30. The molecular weight excluding hydrogens is 1010 g/mol. The van der Waals surface area contributed by atoms with Crippen molar-refractivity contribution in [3.8, 4) is 39.5 Å². The Bertz CT molecular complexity index is 3160. The molecule has 0 fully saturated rings. The van der Waals surface area contributed by atoms with Gasteiger partial charge >= 0.3 is 123 Å². The number of benzene rings is 6. The number of hydrogen-bond acceptors (Lipinski definition) is 4. The Balaban J connectivity index is 0.000000212. The first-order chi connectivity index (χ1) is 29.5. The summed E-state index contributed by atoms with van der Waals surface area (Å²) in [4.78, 5) is 15.9. The average Bonchev–Trinajstić information content (AvgIpc) is 3.84. The van der Waals surface area contributed by atoms with Crippen molar-refractivity contribution in [2.75, 3.05) is 0 Å². The fourth-order valence-electron chi connectivity index (χ4n) is 8.28. The van der Waals surface area contributed by atoms with Gasteiger partial charge in [0.25, 0.3) is 0 Å². The van der Waals surface area contributed by atoms with E-state index < -0.39 is 13.3 Å². The predicted octanol–water partition coefficient (Wildman–Crippen LogP) is 14.7. The first-order valence-corrected chi connectivity index (χ1v) is 29.4. The van der Waals surface area contributed by atoms with Crippen molar-refractivity contribution in [2.45, 2.75) is 63.7 Å². The molecule has 0 atom stereocenters. The summed E-state index contributed by atoms with van der Waals surface area (Å²) < 4.78 is 5.02. The number of aromatic nitrogens is 4. The van der Waals surface area contributed by atoms with Crippen molar-refractivity contribution in [1.82, 2.24) is 19.5 Å². The Kier molecular flexibility index (Phi) is 12.5. The van der Waals surface area contributed by atoms with E-state index in [-0.39, 0.29) is 20.1 Å². The van der Waals surface area contributed by atoms with Crippen LogP contribution in [-0.4, -0.2) is 32.8 Å². The molecule has 311 valence electrons. The molecule has 4 nitrogen and oxygen atoms in total. The van der Waals surface area contributed by atoms with Gasteiger partial charge in [0, 0.05) is 31.5 Å². The summed E-state index contributed by atoms with van der Waals surface area (Å²) in [6, 6.07) is 56.3. The molecule has 0 unspecified atom stereocenters. The van der Waals surface area contributed by atoms with Crippen LogP contribution in [0.2, 0.25) is 17.3 Å². The Labute approximate surface area is 385 Å². The van der Waals surface area contributed by atoms with Crippen molar-refractivity contribution >= 4 is 71.1 Å². The number of hydrogen-bond donors (Lipinski definition) is 0. The molecular formula is C55H50GeIrN4S-2. The molecule has 0 N–H and O–H groups in total. The summed E-state index contributed by atoms with van der Waals surface area (Å²) in [6.07, 6.45) is 2.06. The molecule has 0 aliphatic carbocycles. The summed E-state index contributed by atoms with van der Waals surface area (Å²) >= 11 is -0.0432. The maximum Gasteiger partial charge on any atom is 0 e. The minimum atomic E-state index is -1.78. The van der Waals surface area contributed by atoms with E-state index in [4.69, 9.17) is 9.97 Å². The van der Waals surface area contributed by atoms with Gasteiger partial charge in [-0.25, -0.2) is 4.98 Å². The first-order valence-electron chi connectivity index (χ1n) is 21.2. The smallest absolute Gasteiger partial charge is 0 e. The van der Waals surface area contributed by atoms with Gasteiger partial charge in [-0.05, 0) is 81.4 Å². The molecule has 0 bridgehead atoms. The number of para-hydroxylation sites is 2. The zero-order chi connectivity index (χ0) is 42.4. The van der Waals surface area contributed by atoms with E-state index in [1.807, 2.05) is 12.1 Å². The first kappa shape index (κ1) is 43.4. The topological polar surface area (TPSA) is 43.6 Å². The summed E-state index contributed by atoms with van der Waals surface area (Å²) in [6.45, 7) is 11.2. The summed E-state index contributed by atoms with van der Waals surface area (Å²) in [5.74, 6) is 8.73. The summed E-state index contributed by atoms with van der Waals surface area (Å²) in [5.41, 5.74) is 12.6. The number of thiophene rings is 1. The van der Waals surface area contributed by atoms with Crippen molar-refractivity contribution in [1.29, 1.82) is 0 Å². The van der Waals surface area contributed by atoms with E-state index in [1.54, 1.807) is 11.3 Å². The molecule has 0 saturated carbocycles. The number of aryl methyl sites for hydroxylation is 1. The van der Waals surface area contributed by atoms with Crippen LogP contribution in [0.15, 0.2) is 146 Å². The second-order valence-corrected chi connectivity index (χ2v) is 29.2. The van der Waals surface area contributed by atoms with Crippen molar-refractivity contribution in [2.24, 2.45) is 0 Å². The predicted molar refractivity (Wildman–Crippen MR) is 263 cm³/mol. The Hall–Kier alpha value is -5.24. The summed E-state index contributed by atoms with van der Waals surface area (Å²) in [5, 5.41) is 4.84. The third-order valence-corrected chi connectivity index (χ3v) is 17.0. The van der Waals surface area contributed by atoms with Gasteiger partial charge in [-0.3, -0.25) is 4.98 Å². The third-order valence-electron chi connectivity index (χ3n) is 11.6. The van der Waals surface area contributed by atoms with Crippen molar-refractivity contribution in [3.63, 3.8) is 0 Å². The largest absolute Gasteiger partial charge is 0 e. The third kappa shape index (κ3) is 8.34. The maximum absolute atomic E-state index is 5.30. The van der Waals surface area contributed by atoms with Gasteiger partial charge < -0.3 is 4.57 Å². The van der Waals surface area contributed by atoms with Crippen LogP contribution < -0.4 is 4.40 Å². The molecule has 62 heavy (non-hydrogen) atoms. The zero-order valence-corrected chi connectivity index (χ0v) is 41.9. The number of imidazole rings is 1. The van der Waals surface area contributed by atoms with Gasteiger partial charge in [0.2, 0.25) is 0 Å². The molecule has 1 radical (unpaired) electrons. The molecule has 0 aliphatic rings. The standard InChI is InChI=1S/C37H32N3S.C18H18GeN.Ir/c1-22(2)30-20-26(25-12-7-6-8-13-25)21-31(23(3)4)34(30)40-33-17-10-9-16-32(33)39-36(40)29-15-11-14-27-28-19-18-24(5)38-37(28)41-35(27)29;1-19(2,3)15-11-12-18(20-13-15)17-10-6-8-14-7-4-5-9-16(14)17;/h6-14,16-23H,1-5H3;4-9,11-13H,1-3H3;/q2*-1;. The minimum absolute atomic E-state index is 0. The van der Waals surface area contributed by atoms with Crippen LogP contribution in [0.5, 0.6) is 0 Å². The van der Waals surface area contributed by atoms with E-state index in [0.29, 0.717) is 11.8 Å². The second-order valence-electron chi connectivity index (χ2n) is 17.6. The summed E-state index contributed by atoms with van der Waals surface area (Å²) in [7, 11) is 0. The molecule has 6 aromatic carbocycles.